The molecule has 23 heavy (non-hydrogen) atoms. The highest BCUT2D eigenvalue weighted by Crippen LogP contribution is 2.33. The molecule has 0 heterocycles. The van der Waals surface area contributed by atoms with Gasteiger partial charge in [0.15, 0.2) is 0 Å². The zero-order chi connectivity index (χ0) is 17.0. The van der Waals surface area contributed by atoms with Gasteiger partial charge >= 0.3 is 0 Å². The molecule has 0 radical (unpaired) electrons. The lowest BCUT2D eigenvalue weighted by atomic mass is 10.1. The van der Waals surface area contributed by atoms with E-state index in [0.717, 1.165) is 11.4 Å². The number of benzene rings is 2. The van der Waals surface area contributed by atoms with Crippen LogP contribution in [0.3, 0.4) is 0 Å². The van der Waals surface area contributed by atoms with Gasteiger partial charge in [0, 0.05) is 18.2 Å². The molecule has 0 aliphatic carbocycles. The van der Waals surface area contributed by atoms with Crippen LogP contribution in [0.4, 0.5) is 11.4 Å². The number of rotatable bonds is 5. The van der Waals surface area contributed by atoms with Gasteiger partial charge in [-0.15, -0.1) is 0 Å². The topological polar surface area (TPSA) is 24.4 Å². The largest absolute Gasteiger partial charge is 0.380 e. The summed E-state index contributed by atoms with van der Waals surface area (Å²) in [4.78, 5) is 4.53. The fraction of sp³-hybridized carbons (Fsp3) is 0.235. The Morgan fingerprint density at radius 1 is 0.957 bits per heavy atom. The Balaban J connectivity index is 2.11. The first-order valence-corrected chi connectivity index (χ1v) is 8.58. The third kappa shape index (κ3) is 5.02. The number of hydrogen-bond acceptors (Lipinski definition) is 2. The molecule has 0 spiro atoms. The smallest absolute Gasteiger partial charge is 0.100 e. The molecule has 0 bridgehead atoms. The minimum atomic E-state index is 0.0948. The molecule has 1 N–H and O–H groups in total. The first-order chi connectivity index (χ1) is 10.9. The van der Waals surface area contributed by atoms with E-state index in [0.29, 0.717) is 32.2 Å². The second-order valence-corrected chi connectivity index (χ2v) is 6.89. The van der Waals surface area contributed by atoms with E-state index in [2.05, 4.69) is 10.3 Å². The van der Waals surface area contributed by atoms with Gasteiger partial charge in [-0.3, -0.25) is 4.99 Å². The Morgan fingerprint density at radius 3 is 1.96 bits per heavy atom. The number of aliphatic imine (C=N–C) groups is 1. The summed E-state index contributed by atoms with van der Waals surface area (Å²) in [5.41, 5.74) is 2.23. The molecule has 0 saturated carbocycles. The molecule has 6 heteroatoms. The summed E-state index contributed by atoms with van der Waals surface area (Å²) in [6.07, 6.45) is 0.698. The van der Waals surface area contributed by atoms with Gasteiger partial charge in [0.05, 0.1) is 25.8 Å². The summed E-state index contributed by atoms with van der Waals surface area (Å²) in [6, 6.07) is 10.8. The number of nitrogens with one attached hydrogen (secondary N) is 1. The van der Waals surface area contributed by atoms with Gasteiger partial charge in [-0.05, 0) is 38.1 Å². The van der Waals surface area contributed by atoms with Crippen LogP contribution in [0.25, 0.3) is 0 Å². The van der Waals surface area contributed by atoms with Crippen LogP contribution < -0.4 is 5.32 Å². The van der Waals surface area contributed by atoms with Crippen molar-refractivity contribution in [3.8, 4) is 0 Å². The Hall–Kier alpha value is -0.930. The summed E-state index contributed by atoms with van der Waals surface area (Å²) in [5.74, 6) is 0. The van der Waals surface area contributed by atoms with Crippen molar-refractivity contribution in [2.24, 2.45) is 4.99 Å². The number of anilines is 1. The maximum absolute atomic E-state index is 6.17. The Morgan fingerprint density at radius 2 is 1.43 bits per heavy atom. The lowest BCUT2D eigenvalue weighted by Crippen LogP contribution is -2.18. The summed E-state index contributed by atoms with van der Waals surface area (Å²) in [7, 11) is 0. The molecule has 122 valence electrons. The van der Waals surface area contributed by atoms with Gasteiger partial charge in [0.25, 0.3) is 0 Å². The van der Waals surface area contributed by atoms with Crippen molar-refractivity contribution in [2.75, 3.05) is 5.32 Å². The minimum Gasteiger partial charge on any atom is -0.380 e. The van der Waals surface area contributed by atoms with Crippen LogP contribution >= 0.6 is 46.4 Å². The van der Waals surface area contributed by atoms with Gasteiger partial charge < -0.3 is 5.32 Å². The molecule has 2 nitrogen and oxygen atoms in total. The first-order valence-electron chi connectivity index (χ1n) is 7.07. The molecule has 0 aromatic heterocycles. The van der Waals surface area contributed by atoms with Crippen LogP contribution in [0.2, 0.25) is 20.1 Å². The summed E-state index contributed by atoms with van der Waals surface area (Å²) in [6.45, 7) is 3.97. The van der Waals surface area contributed by atoms with Crippen LogP contribution in [0.15, 0.2) is 41.4 Å². The van der Waals surface area contributed by atoms with Crippen molar-refractivity contribution in [3.63, 3.8) is 0 Å². The minimum absolute atomic E-state index is 0.0948. The normalized spacial score (nSPS) is 13.0. The lowest BCUT2D eigenvalue weighted by Gasteiger charge is -2.17. The highest BCUT2D eigenvalue weighted by atomic mass is 35.5. The second kappa shape index (κ2) is 8.25. The summed E-state index contributed by atoms with van der Waals surface area (Å²) in [5, 5.41) is 5.56. The summed E-state index contributed by atoms with van der Waals surface area (Å²) >= 11 is 24.6. The van der Waals surface area contributed by atoms with Crippen molar-refractivity contribution in [1.82, 2.24) is 0 Å². The first kappa shape index (κ1) is 18.4. The van der Waals surface area contributed by atoms with E-state index in [4.69, 9.17) is 46.4 Å². The van der Waals surface area contributed by atoms with E-state index in [1.807, 2.05) is 19.9 Å². The molecular formula is C17H16Cl4N2. The number of nitrogens with zero attached hydrogens (tertiary/aromatic N) is 1. The van der Waals surface area contributed by atoms with Crippen LogP contribution in [0.5, 0.6) is 0 Å². The Labute approximate surface area is 156 Å². The van der Waals surface area contributed by atoms with Crippen LogP contribution in [0.1, 0.15) is 20.3 Å². The monoisotopic (exact) mass is 388 g/mol. The molecule has 2 aromatic carbocycles. The summed E-state index contributed by atoms with van der Waals surface area (Å²) < 4.78 is 0. The van der Waals surface area contributed by atoms with E-state index in [9.17, 15) is 0 Å². The van der Waals surface area contributed by atoms with Gasteiger partial charge in [-0.25, -0.2) is 0 Å². The van der Waals surface area contributed by atoms with E-state index in [1.54, 1.807) is 30.3 Å². The molecule has 1 unspecified atom stereocenters. The third-order valence-corrected chi connectivity index (χ3v) is 4.44. The van der Waals surface area contributed by atoms with E-state index >= 15 is 0 Å². The van der Waals surface area contributed by atoms with Crippen molar-refractivity contribution in [1.29, 1.82) is 0 Å². The van der Waals surface area contributed by atoms with Gasteiger partial charge in [-0.1, -0.05) is 58.5 Å². The molecule has 0 aliphatic rings. The molecule has 0 aliphatic heterocycles. The molecule has 2 rings (SSSR count). The third-order valence-electron chi connectivity index (χ3n) is 3.20. The highest BCUT2D eigenvalue weighted by molar-refractivity contribution is 6.39. The van der Waals surface area contributed by atoms with Crippen molar-refractivity contribution in [3.05, 3.63) is 56.5 Å². The molecule has 2 aromatic rings. The SMILES string of the molecule is CC(CC(C)Nc1c(Cl)cccc1Cl)=Nc1c(Cl)cccc1Cl. The molecule has 0 fully saturated rings. The standard InChI is InChI=1S/C17H16Cl4N2/c1-10(22-16-12(18)5-3-6-13(16)19)9-11(2)23-17-14(20)7-4-8-15(17)21/h3-8,10,22H,9H2,1-2H3. The predicted molar refractivity (Wildman–Crippen MR) is 103 cm³/mol. The predicted octanol–water partition coefficient (Wildman–Crippen LogP) is 7.28. The molecule has 0 saturated heterocycles. The van der Waals surface area contributed by atoms with E-state index in [1.165, 1.54) is 0 Å². The number of para-hydroxylation sites is 2. The zero-order valence-corrected chi connectivity index (χ0v) is 15.7. The van der Waals surface area contributed by atoms with E-state index < -0.39 is 0 Å². The Bertz CT molecular complexity index is 688. The maximum Gasteiger partial charge on any atom is 0.100 e. The van der Waals surface area contributed by atoms with Gasteiger partial charge in [0.2, 0.25) is 0 Å². The van der Waals surface area contributed by atoms with Gasteiger partial charge in [0.1, 0.15) is 5.69 Å². The van der Waals surface area contributed by atoms with Crippen LogP contribution in [-0.4, -0.2) is 11.8 Å². The fourth-order valence-electron chi connectivity index (χ4n) is 2.21. The van der Waals surface area contributed by atoms with Crippen LogP contribution in [0, 0.1) is 0 Å². The maximum atomic E-state index is 6.17. The second-order valence-electron chi connectivity index (χ2n) is 5.26. The van der Waals surface area contributed by atoms with Crippen LogP contribution in [-0.2, 0) is 0 Å². The molecule has 0 amide bonds. The van der Waals surface area contributed by atoms with Crippen molar-refractivity contribution in [2.45, 2.75) is 26.3 Å². The average molecular weight is 390 g/mol. The number of hydrogen-bond donors (Lipinski definition) is 1. The lowest BCUT2D eigenvalue weighted by molar-refractivity contribution is 0.835. The number of halogens is 4. The Kier molecular flexibility index (Phi) is 6.60. The quantitative estimate of drug-likeness (QED) is 0.533. The van der Waals surface area contributed by atoms with Gasteiger partial charge in [-0.2, -0.15) is 0 Å². The van der Waals surface area contributed by atoms with Crippen molar-refractivity contribution >= 4 is 63.5 Å². The van der Waals surface area contributed by atoms with Crippen molar-refractivity contribution < 1.29 is 0 Å². The fourth-order valence-corrected chi connectivity index (χ4v) is 3.20. The van der Waals surface area contributed by atoms with E-state index in [-0.39, 0.29) is 6.04 Å². The molecule has 1 atom stereocenters. The zero-order valence-electron chi connectivity index (χ0n) is 12.7. The average Bonchev–Trinajstić information content (AvgIpc) is 2.47. The highest BCUT2D eigenvalue weighted by Gasteiger charge is 2.11. The molecular weight excluding hydrogens is 374 g/mol.